The Hall–Kier alpha value is -1.59. The maximum atomic E-state index is 13.0. The minimum Gasteiger partial charge on any atom is -0.374 e. The van der Waals surface area contributed by atoms with Crippen molar-refractivity contribution in [1.82, 2.24) is 14.3 Å². The molecule has 0 aromatic carbocycles. The number of aromatic nitrogens is 2. The fourth-order valence-corrected chi connectivity index (χ4v) is 3.73. The highest BCUT2D eigenvalue weighted by Gasteiger charge is 2.39. The van der Waals surface area contributed by atoms with Crippen LogP contribution in [0.4, 0.5) is 0 Å². The van der Waals surface area contributed by atoms with Crippen molar-refractivity contribution in [1.29, 1.82) is 0 Å². The maximum Gasteiger partial charge on any atom is 0.274 e. The van der Waals surface area contributed by atoms with Crippen molar-refractivity contribution in [3.63, 3.8) is 0 Å². The smallest absolute Gasteiger partial charge is 0.274 e. The number of nitrogens with zero attached hydrogens (tertiary/aromatic N) is 3. The number of hydrogen-bond acceptors (Lipinski definition) is 3. The summed E-state index contributed by atoms with van der Waals surface area (Å²) >= 11 is 6.21. The average Bonchev–Trinajstić information content (AvgIpc) is 3.09. The zero-order valence-corrected chi connectivity index (χ0v) is 12.3. The third-order valence-corrected chi connectivity index (χ3v) is 4.70. The quantitative estimate of drug-likeness (QED) is 0.812. The molecule has 2 aliphatic rings. The molecule has 1 saturated carbocycles. The predicted molar refractivity (Wildman–Crippen MR) is 78.6 cm³/mol. The lowest BCUT2D eigenvalue weighted by Gasteiger charge is -2.37. The van der Waals surface area contributed by atoms with Gasteiger partial charge < -0.3 is 9.64 Å². The SMILES string of the molecule is O=C(c1c(Cl)nc2ccccn12)N1CCO[C@@H]2CCC[C@@H]21. The van der Waals surface area contributed by atoms with Gasteiger partial charge in [0.05, 0.1) is 18.8 Å². The van der Waals surface area contributed by atoms with Crippen molar-refractivity contribution in [2.75, 3.05) is 13.2 Å². The Morgan fingerprint density at radius 1 is 1.38 bits per heavy atom. The molecule has 0 radical (unpaired) electrons. The molecule has 6 heteroatoms. The zero-order valence-electron chi connectivity index (χ0n) is 11.5. The van der Waals surface area contributed by atoms with Crippen molar-refractivity contribution in [2.45, 2.75) is 31.4 Å². The summed E-state index contributed by atoms with van der Waals surface area (Å²) in [5.74, 6) is -0.0427. The van der Waals surface area contributed by atoms with E-state index in [-0.39, 0.29) is 23.2 Å². The highest BCUT2D eigenvalue weighted by molar-refractivity contribution is 6.32. The number of carbonyl (C=O) groups is 1. The summed E-state index contributed by atoms with van der Waals surface area (Å²) in [5, 5.41) is 0.271. The van der Waals surface area contributed by atoms with Crippen LogP contribution in [0.5, 0.6) is 0 Å². The molecule has 1 saturated heterocycles. The van der Waals surface area contributed by atoms with Crippen LogP contribution in [-0.4, -0.2) is 45.5 Å². The van der Waals surface area contributed by atoms with E-state index in [0.717, 1.165) is 19.3 Å². The van der Waals surface area contributed by atoms with Crippen molar-refractivity contribution >= 4 is 23.2 Å². The molecule has 2 aromatic rings. The topological polar surface area (TPSA) is 46.8 Å². The Kier molecular flexibility index (Phi) is 3.12. The van der Waals surface area contributed by atoms with E-state index in [1.807, 2.05) is 29.3 Å². The van der Waals surface area contributed by atoms with Gasteiger partial charge in [-0.2, -0.15) is 0 Å². The molecule has 2 fully saturated rings. The van der Waals surface area contributed by atoms with Crippen molar-refractivity contribution in [2.24, 2.45) is 0 Å². The third kappa shape index (κ3) is 2.03. The summed E-state index contributed by atoms with van der Waals surface area (Å²) in [6.07, 6.45) is 5.16. The van der Waals surface area contributed by atoms with Gasteiger partial charge >= 0.3 is 0 Å². The molecule has 3 heterocycles. The van der Waals surface area contributed by atoms with Gasteiger partial charge in [0.1, 0.15) is 5.65 Å². The summed E-state index contributed by atoms with van der Waals surface area (Å²) in [6, 6.07) is 5.78. The first-order valence-electron chi connectivity index (χ1n) is 7.31. The number of imidazole rings is 1. The van der Waals surface area contributed by atoms with Crippen LogP contribution in [0.15, 0.2) is 24.4 Å². The number of halogens is 1. The third-order valence-electron chi connectivity index (χ3n) is 4.43. The van der Waals surface area contributed by atoms with Crippen LogP contribution in [0.2, 0.25) is 5.15 Å². The second kappa shape index (κ2) is 5.00. The molecule has 110 valence electrons. The zero-order chi connectivity index (χ0) is 14.4. The van der Waals surface area contributed by atoms with E-state index < -0.39 is 0 Å². The molecule has 0 unspecified atom stereocenters. The molecular weight excluding hydrogens is 290 g/mol. The Bertz CT molecular complexity index is 699. The number of amides is 1. The van der Waals surface area contributed by atoms with Gasteiger partial charge in [0.15, 0.2) is 10.8 Å². The number of hydrogen-bond donors (Lipinski definition) is 0. The van der Waals surface area contributed by atoms with Gasteiger partial charge in [0.25, 0.3) is 5.91 Å². The van der Waals surface area contributed by atoms with Gasteiger partial charge in [-0.1, -0.05) is 17.7 Å². The summed E-state index contributed by atoms with van der Waals surface area (Å²) in [7, 11) is 0. The molecular formula is C15H16ClN3O2. The highest BCUT2D eigenvalue weighted by atomic mass is 35.5. The van der Waals surface area contributed by atoms with E-state index in [1.54, 1.807) is 4.40 Å². The van der Waals surface area contributed by atoms with Crippen LogP contribution >= 0.6 is 11.6 Å². The lowest BCUT2D eigenvalue weighted by molar-refractivity contribution is -0.0447. The summed E-state index contributed by atoms with van der Waals surface area (Å²) in [6.45, 7) is 1.22. The van der Waals surface area contributed by atoms with E-state index in [4.69, 9.17) is 16.3 Å². The highest BCUT2D eigenvalue weighted by Crippen LogP contribution is 2.31. The Morgan fingerprint density at radius 3 is 3.19 bits per heavy atom. The molecule has 1 aliphatic heterocycles. The fourth-order valence-electron chi connectivity index (χ4n) is 3.47. The molecule has 0 N–H and O–H groups in total. The predicted octanol–water partition coefficient (Wildman–Crippen LogP) is 2.38. The molecule has 5 nitrogen and oxygen atoms in total. The summed E-state index contributed by atoms with van der Waals surface area (Å²) in [5.41, 5.74) is 1.15. The van der Waals surface area contributed by atoms with Crippen LogP contribution in [0.1, 0.15) is 29.8 Å². The number of morpholine rings is 1. The number of pyridine rings is 1. The molecule has 1 amide bonds. The van der Waals surface area contributed by atoms with Crippen LogP contribution in [0.3, 0.4) is 0 Å². The fraction of sp³-hybridized carbons (Fsp3) is 0.467. The first kappa shape index (κ1) is 13.1. The molecule has 2 atom stereocenters. The second-order valence-electron chi connectivity index (χ2n) is 5.59. The minimum absolute atomic E-state index is 0.0427. The maximum absolute atomic E-state index is 13.0. The first-order chi connectivity index (χ1) is 10.3. The average molecular weight is 306 g/mol. The van der Waals surface area contributed by atoms with Crippen molar-refractivity contribution in [3.05, 3.63) is 35.2 Å². The van der Waals surface area contributed by atoms with E-state index in [2.05, 4.69) is 4.98 Å². The first-order valence-corrected chi connectivity index (χ1v) is 7.68. The lowest BCUT2D eigenvalue weighted by atomic mass is 10.1. The number of rotatable bonds is 1. The van der Waals surface area contributed by atoms with E-state index in [9.17, 15) is 4.79 Å². The Balaban J connectivity index is 1.74. The van der Waals surface area contributed by atoms with Gasteiger partial charge in [-0.15, -0.1) is 0 Å². The van der Waals surface area contributed by atoms with Gasteiger partial charge in [-0.3, -0.25) is 9.20 Å². The van der Waals surface area contributed by atoms with Crippen molar-refractivity contribution in [3.8, 4) is 0 Å². The van der Waals surface area contributed by atoms with Crippen LogP contribution in [-0.2, 0) is 4.74 Å². The van der Waals surface area contributed by atoms with Gasteiger partial charge in [-0.25, -0.2) is 4.98 Å². The Morgan fingerprint density at radius 2 is 2.29 bits per heavy atom. The van der Waals surface area contributed by atoms with Gasteiger partial charge in [0, 0.05) is 12.7 Å². The van der Waals surface area contributed by atoms with Crippen LogP contribution < -0.4 is 0 Å². The number of fused-ring (bicyclic) bond motifs is 2. The molecule has 2 aromatic heterocycles. The van der Waals surface area contributed by atoms with E-state index >= 15 is 0 Å². The normalized spacial score (nSPS) is 25.3. The van der Waals surface area contributed by atoms with Crippen LogP contribution in [0, 0.1) is 0 Å². The Labute approximate surface area is 127 Å². The molecule has 0 bridgehead atoms. The van der Waals surface area contributed by atoms with E-state index in [1.165, 1.54) is 0 Å². The molecule has 1 aliphatic carbocycles. The largest absolute Gasteiger partial charge is 0.374 e. The summed E-state index contributed by atoms with van der Waals surface area (Å²) < 4.78 is 7.54. The monoisotopic (exact) mass is 305 g/mol. The minimum atomic E-state index is -0.0427. The number of carbonyl (C=O) groups excluding carboxylic acids is 1. The van der Waals surface area contributed by atoms with Crippen LogP contribution in [0.25, 0.3) is 5.65 Å². The molecule has 4 rings (SSSR count). The van der Waals surface area contributed by atoms with Gasteiger partial charge in [0.2, 0.25) is 0 Å². The second-order valence-corrected chi connectivity index (χ2v) is 5.94. The van der Waals surface area contributed by atoms with Crippen molar-refractivity contribution < 1.29 is 9.53 Å². The van der Waals surface area contributed by atoms with Gasteiger partial charge in [-0.05, 0) is 31.4 Å². The molecule has 0 spiro atoms. The van der Waals surface area contributed by atoms with E-state index in [0.29, 0.717) is 24.5 Å². The summed E-state index contributed by atoms with van der Waals surface area (Å²) in [4.78, 5) is 19.1. The standard InChI is InChI=1S/C15H16ClN3O2/c16-14-13(19-7-2-1-6-12(19)17-14)15(20)18-8-9-21-11-5-3-4-10(11)18/h1-2,6-7,10-11H,3-5,8-9H2/t10-,11+/m0/s1. The lowest BCUT2D eigenvalue weighted by Crippen LogP contribution is -2.51. The number of ether oxygens (including phenoxy) is 1. The molecule has 21 heavy (non-hydrogen) atoms.